The van der Waals surface area contributed by atoms with E-state index in [4.69, 9.17) is 5.26 Å². The number of nitriles is 1. The molecule has 0 radical (unpaired) electrons. The maximum Gasteiger partial charge on any atom is 0.140 e. The van der Waals surface area contributed by atoms with Gasteiger partial charge in [-0.1, -0.05) is 6.07 Å². The second kappa shape index (κ2) is 6.55. The van der Waals surface area contributed by atoms with Crippen LogP contribution in [0, 0.1) is 23.1 Å². The summed E-state index contributed by atoms with van der Waals surface area (Å²) in [6.45, 7) is 4.11. The van der Waals surface area contributed by atoms with E-state index in [0.717, 1.165) is 37.7 Å². The molecule has 1 aliphatic heterocycles. The highest BCUT2D eigenvalue weighted by molar-refractivity contribution is 5.34. The molecule has 1 aromatic carbocycles. The number of hydrogen-bond acceptors (Lipinski definition) is 3. The molecule has 1 N–H and O–H groups in total. The zero-order valence-corrected chi connectivity index (χ0v) is 12.3. The average Bonchev–Trinajstić information content (AvgIpc) is 3.14. The molecular weight excluding hydrogens is 265 g/mol. The zero-order chi connectivity index (χ0) is 14.7. The molecule has 1 aromatic rings. The molecule has 3 nitrogen and oxygen atoms in total. The van der Waals surface area contributed by atoms with Crippen molar-refractivity contribution in [3.8, 4) is 6.07 Å². The molecule has 4 heteroatoms. The fourth-order valence-electron chi connectivity index (χ4n) is 3.11. The first-order valence-corrected chi connectivity index (χ1v) is 7.89. The molecule has 1 unspecified atom stereocenters. The minimum absolute atomic E-state index is 0.151. The zero-order valence-electron chi connectivity index (χ0n) is 12.3. The Kier molecular flexibility index (Phi) is 4.52. The molecule has 0 aromatic heterocycles. The molecule has 112 valence electrons. The Morgan fingerprint density at radius 2 is 2.14 bits per heavy atom. The number of benzene rings is 1. The van der Waals surface area contributed by atoms with Crippen LogP contribution in [0.25, 0.3) is 0 Å². The molecule has 0 amide bonds. The van der Waals surface area contributed by atoms with Crippen molar-refractivity contribution in [1.29, 1.82) is 5.26 Å². The highest BCUT2D eigenvalue weighted by Crippen LogP contribution is 2.30. The molecule has 1 heterocycles. The van der Waals surface area contributed by atoms with Crippen LogP contribution in [-0.2, 0) is 6.54 Å². The second-order valence-corrected chi connectivity index (χ2v) is 6.36. The SMILES string of the molecule is N#Cc1cc(CN(CC2CC2)CC2CCCN2)ccc1F. The molecule has 1 atom stereocenters. The van der Waals surface area contributed by atoms with Crippen LogP contribution >= 0.6 is 0 Å². The van der Waals surface area contributed by atoms with Crippen LogP contribution in [0.5, 0.6) is 0 Å². The monoisotopic (exact) mass is 287 g/mol. The van der Waals surface area contributed by atoms with Crippen molar-refractivity contribution < 1.29 is 4.39 Å². The standard InChI is InChI=1S/C17H22FN3/c18-17-6-5-14(8-15(17)9-19)11-21(10-13-3-4-13)12-16-2-1-7-20-16/h5-6,8,13,16,20H,1-4,7,10-12H2. The van der Waals surface area contributed by atoms with Crippen LogP contribution in [0.1, 0.15) is 36.8 Å². The normalized spacial score (nSPS) is 21.7. The van der Waals surface area contributed by atoms with Crippen molar-refractivity contribution in [2.75, 3.05) is 19.6 Å². The number of nitrogens with one attached hydrogen (secondary N) is 1. The largest absolute Gasteiger partial charge is 0.313 e. The summed E-state index contributed by atoms with van der Waals surface area (Å²) in [7, 11) is 0. The van der Waals surface area contributed by atoms with Gasteiger partial charge in [-0.3, -0.25) is 4.90 Å². The van der Waals surface area contributed by atoms with Crippen molar-refractivity contribution in [3.05, 3.63) is 35.1 Å². The van der Waals surface area contributed by atoms with Crippen molar-refractivity contribution in [2.24, 2.45) is 5.92 Å². The minimum atomic E-state index is -0.424. The van der Waals surface area contributed by atoms with Crippen LogP contribution in [0.4, 0.5) is 4.39 Å². The lowest BCUT2D eigenvalue weighted by molar-refractivity contribution is 0.231. The van der Waals surface area contributed by atoms with Crippen LogP contribution < -0.4 is 5.32 Å². The topological polar surface area (TPSA) is 39.1 Å². The van der Waals surface area contributed by atoms with E-state index in [2.05, 4.69) is 10.2 Å². The van der Waals surface area contributed by atoms with E-state index in [1.54, 1.807) is 12.1 Å². The highest BCUT2D eigenvalue weighted by Gasteiger charge is 2.26. The Bertz CT molecular complexity index is 527. The van der Waals surface area contributed by atoms with Gasteiger partial charge >= 0.3 is 0 Å². The van der Waals surface area contributed by atoms with Gasteiger partial charge in [-0.05, 0) is 55.8 Å². The van der Waals surface area contributed by atoms with E-state index in [1.165, 1.54) is 31.7 Å². The Hall–Kier alpha value is -1.44. The summed E-state index contributed by atoms with van der Waals surface area (Å²) in [5.74, 6) is 0.412. The number of nitrogens with zero attached hydrogens (tertiary/aromatic N) is 2. The van der Waals surface area contributed by atoms with Crippen LogP contribution in [0.3, 0.4) is 0 Å². The molecular formula is C17H22FN3. The van der Waals surface area contributed by atoms with Crippen molar-refractivity contribution in [1.82, 2.24) is 10.2 Å². The van der Waals surface area contributed by atoms with Gasteiger partial charge < -0.3 is 5.32 Å². The average molecular weight is 287 g/mol. The van der Waals surface area contributed by atoms with E-state index >= 15 is 0 Å². The van der Waals surface area contributed by atoms with Gasteiger partial charge in [0.05, 0.1) is 5.56 Å². The Morgan fingerprint density at radius 3 is 2.81 bits per heavy atom. The summed E-state index contributed by atoms with van der Waals surface area (Å²) in [6, 6.07) is 7.42. The van der Waals surface area contributed by atoms with Gasteiger partial charge in [0.2, 0.25) is 0 Å². The Balaban J connectivity index is 1.66. The fourth-order valence-corrected chi connectivity index (χ4v) is 3.11. The number of halogens is 1. The summed E-state index contributed by atoms with van der Waals surface area (Å²) < 4.78 is 13.4. The van der Waals surface area contributed by atoms with Gasteiger partial charge in [0.1, 0.15) is 11.9 Å². The van der Waals surface area contributed by atoms with Crippen molar-refractivity contribution in [2.45, 2.75) is 38.3 Å². The fraction of sp³-hybridized carbons (Fsp3) is 0.588. The van der Waals surface area contributed by atoms with Crippen LogP contribution in [0.2, 0.25) is 0 Å². The predicted octanol–water partition coefficient (Wildman–Crippen LogP) is 2.66. The van der Waals surface area contributed by atoms with Gasteiger partial charge in [-0.25, -0.2) is 4.39 Å². The van der Waals surface area contributed by atoms with Gasteiger partial charge in [0, 0.05) is 25.7 Å². The lowest BCUT2D eigenvalue weighted by Crippen LogP contribution is -2.38. The lowest BCUT2D eigenvalue weighted by Gasteiger charge is -2.26. The van der Waals surface area contributed by atoms with E-state index in [-0.39, 0.29) is 5.56 Å². The molecule has 2 aliphatic rings. The number of rotatable bonds is 6. The molecule has 3 rings (SSSR count). The third-order valence-corrected chi connectivity index (χ3v) is 4.41. The van der Waals surface area contributed by atoms with Crippen LogP contribution in [0.15, 0.2) is 18.2 Å². The lowest BCUT2D eigenvalue weighted by atomic mass is 10.1. The molecule has 1 aliphatic carbocycles. The Labute approximate surface area is 125 Å². The van der Waals surface area contributed by atoms with Crippen molar-refractivity contribution >= 4 is 0 Å². The van der Waals surface area contributed by atoms with Gasteiger partial charge in [0.15, 0.2) is 0 Å². The third-order valence-electron chi connectivity index (χ3n) is 4.41. The third kappa shape index (κ3) is 4.03. The minimum Gasteiger partial charge on any atom is -0.313 e. The summed E-state index contributed by atoms with van der Waals surface area (Å²) >= 11 is 0. The second-order valence-electron chi connectivity index (χ2n) is 6.36. The summed E-state index contributed by atoms with van der Waals surface area (Å²) in [5.41, 5.74) is 1.18. The first-order valence-electron chi connectivity index (χ1n) is 7.89. The summed E-state index contributed by atoms with van der Waals surface area (Å²) in [6.07, 6.45) is 5.17. The van der Waals surface area contributed by atoms with Gasteiger partial charge in [-0.15, -0.1) is 0 Å². The van der Waals surface area contributed by atoms with E-state index < -0.39 is 5.82 Å². The summed E-state index contributed by atoms with van der Waals surface area (Å²) in [4.78, 5) is 2.47. The quantitative estimate of drug-likeness (QED) is 0.874. The van der Waals surface area contributed by atoms with Gasteiger partial charge in [0.25, 0.3) is 0 Å². The Morgan fingerprint density at radius 1 is 1.29 bits per heavy atom. The highest BCUT2D eigenvalue weighted by atomic mass is 19.1. The van der Waals surface area contributed by atoms with E-state index in [9.17, 15) is 4.39 Å². The molecule has 21 heavy (non-hydrogen) atoms. The maximum atomic E-state index is 13.4. The smallest absolute Gasteiger partial charge is 0.140 e. The molecule has 0 bridgehead atoms. The first-order chi connectivity index (χ1) is 10.2. The molecule has 2 fully saturated rings. The molecule has 0 spiro atoms. The maximum absolute atomic E-state index is 13.4. The molecule has 1 saturated carbocycles. The molecule has 1 saturated heterocycles. The van der Waals surface area contributed by atoms with E-state index in [0.29, 0.717) is 6.04 Å². The number of hydrogen-bond donors (Lipinski definition) is 1. The van der Waals surface area contributed by atoms with Crippen LogP contribution in [-0.4, -0.2) is 30.6 Å². The van der Waals surface area contributed by atoms with Crippen molar-refractivity contribution in [3.63, 3.8) is 0 Å². The van der Waals surface area contributed by atoms with Gasteiger partial charge in [-0.2, -0.15) is 5.26 Å². The predicted molar refractivity (Wildman–Crippen MR) is 80.1 cm³/mol. The summed E-state index contributed by atoms with van der Waals surface area (Å²) in [5, 5.41) is 12.5. The van der Waals surface area contributed by atoms with E-state index in [1.807, 2.05) is 6.07 Å². The first kappa shape index (κ1) is 14.5.